The Labute approximate surface area is 72.7 Å². The van der Waals surface area contributed by atoms with Gasteiger partial charge in [-0.1, -0.05) is 6.92 Å². The van der Waals surface area contributed by atoms with Gasteiger partial charge in [-0.2, -0.15) is 5.09 Å². The van der Waals surface area contributed by atoms with Crippen LogP contribution in [0.1, 0.15) is 20.3 Å². The third-order valence-electron chi connectivity index (χ3n) is 1.03. The Morgan fingerprint density at radius 2 is 2.08 bits per heavy atom. The highest BCUT2D eigenvalue weighted by molar-refractivity contribution is 7.51. The average molecular weight is 197 g/mol. The molecule has 0 fully saturated rings. The summed E-state index contributed by atoms with van der Waals surface area (Å²) in [5.41, 5.74) is 0. The van der Waals surface area contributed by atoms with E-state index in [-0.39, 0.29) is 6.61 Å². The van der Waals surface area contributed by atoms with E-state index in [1.165, 1.54) is 0 Å². The van der Waals surface area contributed by atoms with Crippen molar-refractivity contribution in [1.29, 1.82) is 0 Å². The predicted octanol–water partition coefficient (Wildman–Crippen LogP) is 1.10. The van der Waals surface area contributed by atoms with Crippen molar-refractivity contribution in [2.45, 2.75) is 20.3 Å². The molecule has 0 aliphatic rings. The zero-order valence-corrected chi connectivity index (χ0v) is 8.34. The minimum Gasteiger partial charge on any atom is -0.381 e. The maximum Gasteiger partial charge on any atom is 0.407 e. The fourth-order valence-electron chi connectivity index (χ4n) is 0.597. The quantitative estimate of drug-likeness (QED) is 0.472. The molecule has 0 aromatic rings. The summed E-state index contributed by atoms with van der Waals surface area (Å²) in [4.78, 5) is 0. The van der Waals surface area contributed by atoms with E-state index in [0.29, 0.717) is 6.61 Å². The molecular formula is C6H16NO4P. The van der Waals surface area contributed by atoms with Crippen LogP contribution in [0.4, 0.5) is 0 Å². The van der Waals surface area contributed by atoms with Crippen LogP contribution < -0.4 is 5.09 Å². The molecule has 0 heterocycles. The zero-order valence-electron chi connectivity index (χ0n) is 7.45. The van der Waals surface area contributed by atoms with Crippen LogP contribution in [0.15, 0.2) is 0 Å². The van der Waals surface area contributed by atoms with E-state index in [1.54, 1.807) is 6.92 Å². The van der Waals surface area contributed by atoms with Gasteiger partial charge < -0.3 is 5.11 Å². The molecule has 0 aliphatic carbocycles. The number of rotatable bonds is 7. The molecule has 0 saturated heterocycles. The summed E-state index contributed by atoms with van der Waals surface area (Å²) in [6.07, 6.45) is 0.754. The molecule has 0 rings (SSSR count). The molecule has 0 aromatic carbocycles. The molecule has 1 unspecified atom stereocenters. The van der Waals surface area contributed by atoms with Gasteiger partial charge in [0, 0.05) is 0 Å². The average Bonchev–Trinajstić information content (AvgIpc) is 2.02. The Bertz CT molecular complexity index is 142. The lowest BCUT2D eigenvalue weighted by Gasteiger charge is -2.16. The molecular weight excluding hydrogens is 181 g/mol. The monoisotopic (exact) mass is 197 g/mol. The highest BCUT2D eigenvalue weighted by Crippen LogP contribution is 2.42. The van der Waals surface area contributed by atoms with Crippen molar-refractivity contribution in [3.8, 4) is 0 Å². The highest BCUT2D eigenvalue weighted by atomic mass is 31.2. The number of aliphatic hydroxyl groups is 1. The van der Waals surface area contributed by atoms with Crippen molar-refractivity contribution in [1.82, 2.24) is 5.09 Å². The summed E-state index contributed by atoms with van der Waals surface area (Å²) in [6.45, 7) is 3.83. The fourth-order valence-corrected chi connectivity index (χ4v) is 1.79. The van der Waals surface area contributed by atoms with Gasteiger partial charge in [0.15, 0.2) is 0 Å². The van der Waals surface area contributed by atoms with Crippen LogP contribution in [-0.2, 0) is 13.6 Å². The lowest BCUT2D eigenvalue weighted by atomic mass is 10.5. The van der Waals surface area contributed by atoms with Crippen LogP contribution in [0.25, 0.3) is 0 Å². The van der Waals surface area contributed by atoms with Crippen LogP contribution >= 0.6 is 7.75 Å². The summed E-state index contributed by atoms with van der Waals surface area (Å²) >= 11 is 0. The summed E-state index contributed by atoms with van der Waals surface area (Å²) in [5.74, 6) is 0. The smallest absolute Gasteiger partial charge is 0.381 e. The molecule has 5 nitrogen and oxygen atoms in total. The Morgan fingerprint density at radius 1 is 1.42 bits per heavy atom. The largest absolute Gasteiger partial charge is 0.407 e. The Kier molecular flexibility index (Phi) is 6.61. The van der Waals surface area contributed by atoms with Crippen molar-refractivity contribution in [2.24, 2.45) is 0 Å². The maximum absolute atomic E-state index is 11.5. The van der Waals surface area contributed by atoms with E-state index < -0.39 is 14.5 Å². The van der Waals surface area contributed by atoms with Gasteiger partial charge in [-0.05, 0) is 13.3 Å². The summed E-state index contributed by atoms with van der Waals surface area (Å²) in [5, 5.41) is 10.7. The van der Waals surface area contributed by atoms with Crippen molar-refractivity contribution in [3.05, 3.63) is 0 Å². The number of nitrogens with one attached hydrogen (secondary N) is 1. The molecule has 0 amide bonds. The van der Waals surface area contributed by atoms with Crippen molar-refractivity contribution < 1.29 is 18.7 Å². The predicted molar refractivity (Wildman–Crippen MR) is 45.7 cm³/mol. The molecule has 0 spiro atoms. The van der Waals surface area contributed by atoms with Crippen molar-refractivity contribution in [2.75, 3.05) is 19.9 Å². The van der Waals surface area contributed by atoms with E-state index in [4.69, 9.17) is 14.2 Å². The van der Waals surface area contributed by atoms with Gasteiger partial charge in [0.2, 0.25) is 0 Å². The van der Waals surface area contributed by atoms with Gasteiger partial charge in [0.1, 0.15) is 6.73 Å². The SMILES string of the molecule is CCCOP(=O)(NCO)OCC. The summed E-state index contributed by atoms with van der Waals surface area (Å²) in [6, 6.07) is 0. The second-order valence-corrected chi connectivity index (χ2v) is 3.89. The molecule has 2 N–H and O–H groups in total. The van der Waals surface area contributed by atoms with Gasteiger partial charge in [0.25, 0.3) is 0 Å². The van der Waals surface area contributed by atoms with Gasteiger partial charge in [-0.25, -0.2) is 4.57 Å². The number of aliphatic hydroxyl groups excluding tert-OH is 1. The molecule has 0 saturated carbocycles. The third kappa shape index (κ3) is 4.85. The second kappa shape index (κ2) is 6.57. The Morgan fingerprint density at radius 3 is 2.50 bits per heavy atom. The van der Waals surface area contributed by atoms with Crippen molar-refractivity contribution in [3.63, 3.8) is 0 Å². The first kappa shape index (κ1) is 12.1. The molecule has 12 heavy (non-hydrogen) atoms. The van der Waals surface area contributed by atoms with Gasteiger partial charge in [-0.3, -0.25) is 9.05 Å². The molecule has 0 bridgehead atoms. The molecule has 0 radical (unpaired) electrons. The van der Waals surface area contributed by atoms with E-state index in [9.17, 15) is 4.57 Å². The minimum atomic E-state index is -3.24. The zero-order chi connectivity index (χ0) is 9.45. The molecule has 1 atom stereocenters. The van der Waals surface area contributed by atoms with Crippen LogP contribution in [0.3, 0.4) is 0 Å². The normalized spacial score (nSPS) is 15.9. The number of hydrogen-bond acceptors (Lipinski definition) is 4. The van der Waals surface area contributed by atoms with Crippen LogP contribution in [-0.4, -0.2) is 25.1 Å². The Balaban J connectivity index is 3.90. The Hall–Kier alpha value is 0.0700. The molecule has 0 aromatic heterocycles. The summed E-state index contributed by atoms with van der Waals surface area (Å²) in [7, 11) is -3.24. The van der Waals surface area contributed by atoms with Gasteiger partial charge in [-0.15, -0.1) is 0 Å². The first-order chi connectivity index (χ1) is 5.68. The second-order valence-electron chi connectivity index (χ2n) is 2.06. The number of hydrogen-bond donors (Lipinski definition) is 2. The van der Waals surface area contributed by atoms with Crippen molar-refractivity contribution >= 4 is 7.75 Å². The first-order valence-corrected chi connectivity index (χ1v) is 5.48. The van der Waals surface area contributed by atoms with Crippen LogP contribution in [0.5, 0.6) is 0 Å². The van der Waals surface area contributed by atoms with E-state index in [1.807, 2.05) is 6.92 Å². The van der Waals surface area contributed by atoms with Gasteiger partial charge >= 0.3 is 7.75 Å². The van der Waals surface area contributed by atoms with E-state index in [0.717, 1.165) is 6.42 Å². The standard InChI is InChI=1S/C6H16NO4P/c1-3-5-11-12(9,7-6-8)10-4-2/h8H,3-6H2,1-2H3,(H,7,9). The lowest BCUT2D eigenvalue weighted by Crippen LogP contribution is -2.16. The van der Waals surface area contributed by atoms with E-state index in [2.05, 4.69) is 5.09 Å². The topological polar surface area (TPSA) is 67.8 Å². The van der Waals surface area contributed by atoms with Crippen LogP contribution in [0, 0.1) is 0 Å². The fraction of sp³-hybridized carbons (Fsp3) is 1.00. The third-order valence-corrected chi connectivity index (χ3v) is 2.68. The highest BCUT2D eigenvalue weighted by Gasteiger charge is 2.21. The lowest BCUT2D eigenvalue weighted by molar-refractivity contribution is 0.185. The van der Waals surface area contributed by atoms with Gasteiger partial charge in [0.05, 0.1) is 13.2 Å². The summed E-state index contributed by atoms with van der Waals surface area (Å²) < 4.78 is 21.2. The minimum absolute atomic E-state index is 0.286. The van der Waals surface area contributed by atoms with Crippen LogP contribution in [0.2, 0.25) is 0 Å². The molecule has 6 heteroatoms. The van der Waals surface area contributed by atoms with E-state index >= 15 is 0 Å². The maximum atomic E-state index is 11.5. The molecule has 0 aliphatic heterocycles. The first-order valence-electron chi connectivity index (χ1n) is 3.93. The molecule has 74 valence electrons.